The molecule has 13 heavy (non-hydrogen) atoms. The van der Waals surface area contributed by atoms with Gasteiger partial charge in [0.05, 0.1) is 0 Å². The molecule has 2 heterocycles. The highest BCUT2D eigenvalue weighted by molar-refractivity contribution is 4.95. The molecule has 4 nitrogen and oxygen atoms in total. The predicted molar refractivity (Wildman–Crippen MR) is 50.6 cm³/mol. The third-order valence-electron chi connectivity index (χ3n) is 2.71. The van der Waals surface area contributed by atoms with Gasteiger partial charge in [0.1, 0.15) is 11.6 Å². The largest absolute Gasteiger partial charge is 0.317 e. The van der Waals surface area contributed by atoms with Crippen molar-refractivity contribution in [2.45, 2.75) is 32.7 Å². The normalized spacial score (nSPS) is 19.2. The molecule has 4 heteroatoms. The van der Waals surface area contributed by atoms with E-state index in [0.29, 0.717) is 6.04 Å². The molecule has 0 atom stereocenters. The maximum Gasteiger partial charge on any atom is 0.130 e. The van der Waals surface area contributed by atoms with Crippen molar-refractivity contribution in [3.05, 3.63) is 11.6 Å². The average molecular weight is 180 g/mol. The maximum atomic E-state index is 4.08. The van der Waals surface area contributed by atoms with Crippen molar-refractivity contribution >= 4 is 0 Å². The Bertz CT molecular complexity index is 266. The molecule has 0 bridgehead atoms. The molecule has 1 saturated heterocycles. The van der Waals surface area contributed by atoms with Gasteiger partial charge in [0.2, 0.25) is 0 Å². The second-order valence-corrected chi connectivity index (χ2v) is 3.65. The number of rotatable bonds is 1. The summed E-state index contributed by atoms with van der Waals surface area (Å²) in [6.07, 6.45) is 2.39. The zero-order chi connectivity index (χ0) is 9.26. The Morgan fingerprint density at radius 1 is 1.15 bits per heavy atom. The van der Waals surface area contributed by atoms with Gasteiger partial charge in [-0.2, -0.15) is 0 Å². The topological polar surface area (TPSA) is 42.7 Å². The molecule has 0 amide bonds. The highest BCUT2D eigenvalue weighted by atomic mass is 15.3. The summed E-state index contributed by atoms with van der Waals surface area (Å²) in [6.45, 7) is 6.29. The van der Waals surface area contributed by atoms with E-state index in [1.165, 1.54) is 12.8 Å². The SMILES string of the molecule is Cc1nnc(C)n1C1CCNCC1. The highest BCUT2D eigenvalue weighted by Crippen LogP contribution is 2.20. The fourth-order valence-corrected chi connectivity index (χ4v) is 2.07. The molecule has 0 unspecified atom stereocenters. The number of aromatic nitrogens is 3. The third-order valence-corrected chi connectivity index (χ3v) is 2.71. The predicted octanol–water partition coefficient (Wildman–Crippen LogP) is 0.819. The minimum atomic E-state index is 0.608. The molecule has 72 valence electrons. The van der Waals surface area contributed by atoms with Crippen molar-refractivity contribution in [1.82, 2.24) is 20.1 Å². The molecule has 0 saturated carbocycles. The Morgan fingerprint density at radius 3 is 2.23 bits per heavy atom. The minimum absolute atomic E-state index is 0.608. The van der Waals surface area contributed by atoms with Crippen LogP contribution in [0.4, 0.5) is 0 Å². The monoisotopic (exact) mass is 180 g/mol. The van der Waals surface area contributed by atoms with Gasteiger partial charge < -0.3 is 9.88 Å². The number of nitrogens with zero attached hydrogens (tertiary/aromatic N) is 3. The van der Waals surface area contributed by atoms with Crippen LogP contribution in [0.1, 0.15) is 30.5 Å². The van der Waals surface area contributed by atoms with E-state index in [-0.39, 0.29) is 0 Å². The first-order chi connectivity index (χ1) is 6.29. The molecule has 1 fully saturated rings. The van der Waals surface area contributed by atoms with Gasteiger partial charge in [-0.05, 0) is 39.8 Å². The lowest BCUT2D eigenvalue weighted by Gasteiger charge is -2.25. The first-order valence-corrected chi connectivity index (χ1v) is 4.88. The van der Waals surface area contributed by atoms with Gasteiger partial charge in [0.15, 0.2) is 0 Å². The van der Waals surface area contributed by atoms with Crippen LogP contribution in [0.2, 0.25) is 0 Å². The fraction of sp³-hybridized carbons (Fsp3) is 0.778. The second-order valence-electron chi connectivity index (χ2n) is 3.65. The number of hydrogen-bond donors (Lipinski definition) is 1. The molecular weight excluding hydrogens is 164 g/mol. The maximum absolute atomic E-state index is 4.08. The molecule has 0 aliphatic carbocycles. The van der Waals surface area contributed by atoms with Crippen LogP contribution < -0.4 is 5.32 Å². The summed E-state index contributed by atoms with van der Waals surface area (Å²) >= 11 is 0. The van der Waals surface area contributed by atoms with Crippen LogP contribution in [0.15, 0.2) is 0 Å². The van der Waals surface area contributed by atoms with E-state index in [2.05, 4.69) is 20.1 Å². The van der Waals surface area contributed by atoms with Gasteiger partial charge in [-0.1, -0.05) is 0 Å². The smallest absolute Gasteiger partial charge is 0.130 e. The average Bonchev–Trinajstić information content (AvgIpc) is 2.48. The summed E-state index contributed by atoms with van der Waals surface area (Å²) in [6, 6.07) is 0.608. The fourth-order valence-electron chi connectivity index (χ4n) is 2.07. The first kappa shape index (κ1) is 8.69. The molecule has 1 N–H and O–H groups in total. The lowest BCUT2D eigenvalue weighted by molar-refractivity contribution is 0.358. The molecule has 1 aliphatic rings. The first-order valence-electron chi connectivity index (χ1n) is 4.88. The Balaban J connectivity index is 2.22. The van der Waals surface area contributed by atoms with Crippen molar-refractivity contribution < 1.29 is 0 Å². The molecule has 2 rings (SSSR count). The standard InChI is InChI=1S/C9H16N4/c1-7-11-12-8(2)13(7)9-3-5-10-6-4-9/h9-10H,3-6H2,1-2H3. The Morgan fingerprint density at radius 2 is 1.69 bits per heavy atom. The van der Waals surface area contributed by atoms with Crippen LogP contribution in [-0.4, -0.2) is 27.9 Å². The quantitative estimate of drug-likeness (QED) is 0.695. The van der Waals surface area contributed by atoms with Gasteiger partial charge in [-0.15, -0.1) is 10.2 Å². The summed E-state index contributed by atoms with van der Waals surface area (Å²) in [5.74, 6) is 2.09. The van der Waals surface area contributed by atoms with Crippen LogP contribution in [0.25, 0.3) is 0 Å². The summed E-state index contributed by atoms with van der Waals surface area (Å²) < 4.78 is 2.26. The van der Waals surface area contributed by atoms with E-state index in [9.17, 15) is 0 Å². The number of piperidine rings is 1. The summed E-state index contributed by atoms with van der Waals surface area (Å²) in [5.41, 5.74) is 0. The van der Waals surface area contributed by atoms with Gasteiger partial charge in [-0.3, -0.25) is 0 Å². The molecule has 1 aromatic rings. The number of hydrogen-bond acceptors (Lipinski definition) is 3. The zero-order valence-corrected chi connectivity index (χ0v) is 8.25. The lowest BCUT2D eigenvalue weighted by Crippen LogP contribution is -2.30. The number of aryl methyl sites for hydroxylation is 2. The van der Waals surface area contributed by atoms with Crippen LogP contribution in [0.5, 0.6) is 0 Å². The molecule has 0 aromatic carbocycles. The van der Waals surface area contributed by atoms with E-state index < -0.39 is 0 Å². The molecule has 1 aliphatic heterocycles. The number of nitrogens with one attached hydrogen (secondary N) is 1. The van der Waals surface area contributed by atoms with Crippen LogP contribution >= 0.6 is 0 Å². The van der Waals surface area contributed by atoms with Crippen molar-refractivity contribution in [3.8, 4) is 0 Å². The molecular formula is C9H16N4. The van der Waals surface area contributed by atoms with E-state index in [4.69, 9.17) is 0 Å². The van der Waals surface area contributed by atoms with Crippen molar-refractivity contribution in [2.24, 2.45) is 0 Å². The summed E-state index contributed by atoms with van der Waals surface area (Å²) in [7, 11) is 0. The van der Waals surface area contributed by atoms with E-state index in [1.54, 1.807) is 0 Å². The van der Waals surface area contributed by atoms with Crippen molar-refractivity contribution in [3.63, 3.8) is 0 Å². The third kappa shape index (κ3) is 1.58. The van der Waals surface area contributed by atoms with Crippen molar-refractivity contribution in [2.75, 3.05) is 13.1 Å². The van der Waals surface area contributed by atoms with E-state index >= 15 is 0 Å². The Labute approximate surface area is 78.4 Å². The molecule has 1 aromatic heterocycles. The van der Waals surface area contributed by atoms with Crippen LogP contribution in [0, 0.1) is 13.8 Å². The van der Waals surface area contributed by atoms with Gasteiger partial charge in [0, 0.05) is 6.04 Å². The Hall–Kier alpha value is -0.900. The van der Waals surface area contributed by atoms with Gasteiger partial charge in [-0.25, -0.2) is 0 Å². The second kappa shape index (κ2) is 3.46. The molecule has 0 radical (unpaired) electrons. The van der Waals surface area contributed by atoms with E-state index in [1.807, 2.05) is 13.8 Å². The lowest BCUT2D eigenvalue weighted by atomic mass is 10.1. The zero-order valence-electron chi connectivity index (χ0n) is 8.25. The van der Waals surface area contributed by atoms with Crippen LogP contribution in [0.3, 0.4) is 0 Å². The van der Waals surface area contributed by atoms with Gasteiger partial charge >= 0.3 is 0 Å². The highest BCUT2D eigenvalue weighted by Gasteiger charge is 2.18. The van der Waals surface area contributed by atoms with E-state index in [0.717, 1.165) is 24.7 Å². The Kier molecular flexibility index (Phi) is 2.31. The summed E-state index contributed by atoms with van der Waals surface area (Å²) in [4.78, 5) is 0. The molecule has 0 spiro atoms. The summed E-state index contributed by atoms with van der Waals surface area (Å²) in [5, 5.41) is 11.5. The van der Waals surface area contributed by atoms with Gasteiger partial charge in [0.25, 0.3) is 0 Å². The minimum Gasteiger partial charge on any atom is -0.317 e. The van der Waals surface area contributed by atoms with Crippen molar-refractivity contribution in [1.29, 1.82) is 0 Å². The van der Waals surface area contributed by atoms with Crippen LogP contribution in [-0.2, 0) is 0 Å².